The summed E-state index contributed by atoms with van der Waals surface area (Å²) in [6.45, 7) is 0. The molecule has 0 fully saturated rings. The second kappa shape index (κ2) is 6.97. The van der Waals surface area contributed by atoms with Gasteiger partial charge in [-0.05, 0) is 41.3 Å². The van der Waals surface area contributed by atoms with E-state index in [1.54, 1.807) is 0 Å². The highest BCUT2D eigenvalue weighted by Gasteiger charge is 2.23. The highest BCUT2D eigenvalue weighted by molar-refractivity contribution is 7.89. The first-order chi connectivity index (χ1) is 11.6. The van der Waals surface area contributed by atoms with Crippen molar-refractivity contribution in [3.05, 3.63) is 88.1 Å². The molecule has 0 aliphatic rings. The summed E-state index contributed by atoms with van der Waals surface area (Å²) in [6.07, 6.45) is 0. The predicted octanol–water partition coefficient (Wildman–Crippen LogP) is 3.69. The minimum atomic E-state index is -3.71. The van der Waals surface area contributed by atoms with Crippen LogP contribution >= 0.6 is 11.3 Å². The van der Waals surface area contributed by atoms with Gasteiger partial charge in [0.05, 0.1) is 22.6 Å². The molecule has 2 aromatic carbocycles. The van der Waals surface area contributed by atoms with E-state index in [0.29, 0.717) is 5.56 Å². The van der Waals surface area contributed by atoms with Crippen LogP contribution in [0.15, 0.2) is 77.0 Å². The van der Waals surface area contributed by atoms with Crippen molar-refractivity contribution in [2.75, 3.05) is 0 Å². The van der Waals surface area contributed by atoms with Crippen LogP contribution in [0.3, 0.4) is 0 Å². The largest absolute Gasteiger partial charge is 0.241 e. The Bertz CT molecular complexity index is 943. The van der Waals surface area contributed by atoms with E-state index < -0.39 is 16.1 Å². The molecule has 0 spiro atoms. The van der Waals surface area contributed by atoms with Crippen LogP contribution < -0.4 is 4.72 Å². The first-order valence-electron chi connectivity index (χ1n) is 7.21. The highest BCUT2D eigenvalue weighted by atomic mass is 32.2. The van der Waals surface area contributed by atoms with Gasteiger partial charge in [-0.1, -0.05) is 36.4 Å². The van der Waals surface area contributed by atoms with Gasteiger partial charge in [0, 0.05) is 4.88 Å². The molecule has 0 aliphatic heterocycles. The predicted molar refractivity (Wildman–Crippen MR) is 94.1 cm³/mol. The Hall–Kier alpha value is -2.46. The average Bonchev–Trinajstić information content (AvgIpc) is 3.15. The Balaban J connectivity index is 1.96. The molecule has 1 N–H and O–H groups in total. The fourth-order valence-corrected chi connectivity index (χ4v) is 4.40. The van der Waals surface area contributed by atoms with Crippen LogP contribution in [0.25, 0.3) is 0 Å². The van der Waals surface area contributed by atoms with Gasteiger partial charge in [0.1, 0.15) is 0 Å². The van der Waals surface area contributed by atoms with Gasteiger partial charge in [-0.15, -0.1) is 11.3 Å². The van der Waals surface area contributed by atoms with Crippen LogP contribution in [0.1, 0.15) is 22.0 Å². The van der Waals surface area contributed by atoms with Gasteiger partial charge in [-0.3, -0.25) is 0 Å². The Kier molecular flexibility index (Phi) is 4.76. The van der Waals surface area contributed by atoms with Gasteiger partial charge < -0.3 is 0 Å². The summed E-state index contributed by atoms with van der Waals surface area (Å²) in [5.41, 5.74) is 1.30. The SMILES string of the molecule is N#Cc1ccc(S(=O)(=O)N[C@H](c2ccccc2)c2cccs2)cc1. The molecule has 1 atom stereocenters. The van der Waals surface area contributed by atoms with E-state index >= 15 is 0 Å². The summed E-state index contributed by atoms with van der Waals surface area (Å²) in [6, 6.07) is 20.7. The molecule has 6 heteroatoms. The Morgan fingerprint density at radius 2 is 1.67 bits per heavy atom. The number of nitriles is 1. The lowest BCUT2D eigenvalue weighted by Gasteiger charge is -2.18. The Morgan fingerprint density at radius 1 is 0.958 bits per heavy atom. The number of sulfonamides is 1. The van der Waals surface area contributed by atoms with Crippen molar-refractivity contribution in [2.24, 2.45) is 0 Å². The molecule has 24 heavy (non-hydrogen) atoms. The topological polar surface area (TPSA) is 70.0 Å². The molecule has 0 unspecified atom stereocenters. The number of thiophene rings is 1. The number of nitrogens with one attached hydrogen (secondary N) is 1. The minimum absolute atomic E-state index is 0.138. The standard InChI is InChI=1S/C18H14N2O2S2/c19-13-14-8-10-16(11-9-14)24(21,22)20-18(17-7-4-12-23-17)15-5-2-1-3-6-15/h1-12,18,20H/t18-/m1/s1. The second-order valence-electron chi connectivity index (χ2n) is 5.12. The fourth-order valence-electron chi connectivity index (χ4n) is 2.32. The summed E-state index contributed by atoms with van der Waals surface area (Å²) in [5.74, 6) is 0. The minimum Gasteiger partial charge on any atom is -0.207 e. The molecule has 0 saturated heterocycles. The van der Waals surface area contributed by atoms with Crippen molar-refractivity contribution < 1.29 is 8.42 Å². The van der Waals surface area contributed by atoms with Gasteiger partial charge in [0.2, 0.25) is 10.0 Å². The summed E-state index contributed by atoms with van der Waals surface area (Å²) >= 11 is 1.50. The fraction of sp³-hybridized carbons (Fsp3) is 0.0556. The van der Waals surface area contributed by atoms with Gasteiger partial charge >= 0.3 is 0 Å². The monoisotopic (exact) mass is 354 g/mol. The quantitative estimate of drug-likeness (QED) is 0.760. The smallest absolute Gasteiger partial charge is 0.207 e. The van der Waals surface area contributed by atoms with E-state index in [9.17, 15) is 8.42 Å². The first kappa shape index (κ1) is 16.4. The van der Waals surface area contributed by atoms with Gasteiger partial charge in [-0.25, -0.2) is 8.42 Å². The van der Waals surface area contributed by atoms with Crippen LogP contribution in [0, 0.1) is 11.3 Å². The summed E-state index contributed by atoms with van der Waals surface area (Å²) in [4.78, 5) is 1.05. The number of nitrogens with zero attached hydrogens (tertiary/aromatic N) is 1. The lowest BCUT2D eigenvalue weighted by Crippen LogP contribution is -2.29. The normalized spacial score (nSPS) is 12.5. The third kappa shape index (κ3) is 3.54. The zero-order valence-corrected chi connectivity index (χ0v) is 14.2. The summed E-state index contributed by atoms with van der Waals surface area (Å²) < 4.78 is 28.2. The van der Waals surface area contributed by atoms with Gasteiger partial charge in [0.15, 0.2) is 0 Å². The molecule has 3 rings (SSSR count). The molecule has 0 radical (unpaired) electrons. The third-order valence-corrected chi connectivity index (χ3v) is 5.90. The maximum Gasteiger partial charge on any atom is 0.241 e. The van der Waals surface area contributed by atoms with Crippen molar-refractivity contribution in [1.82, 2.24) is 4.72 Å². The summed E-state index contributed by atoms with van der Waals surface area (Å²) in [5, 5.41) is 10.8. The third-order valence-electron chi connectivity index (χ3n) is 3.53. The molecular weight excluding hydrogens is 340 g/mol. The number of hydrogen-bond acceptors (Lipinski definition) is 4. The molecule has 0 saturated carbocycles. The zero-order valence-electron chi connectivity index (χ0n) is 12.6. The Morgan fingerprint density at radius 3 is 2.25 bits per heavy atom. The van der Waals surface area contributed by atoms with E-state index in [-0.39, 0.29) is 4.90 Å². The number of hydrogen-bond donors (Lipinski definition) is 1. The molecule has 120 valence electrons. The lowest BCUT2D eigenvalue weighted by molar-refractivity contribution is 0.573. The molecule has 0 aliphatic carbocycles. The molecular formula is C18H14N2O2S2. The molecule has 4 nitrogen and oxygen atoms in total. The van der Waals surface area contributed by atoms with Gasteiger partial charge in [-0.2, -0.15) is 9.98 Å². The lowest BCUT2D eigenvalue weighted by atomic mass is 10.1. The van der Waals surface area contributed by atoms with Crippen molar-refractivity contribution in [1.29, 1.82) is 5.26 Å². The number of benzene rings is 2. The molecule has 0 bridgehead atoms. The second-order valence-corrected chi connectivity index (χ2v) is 7.81. The Labute approximate surface area is 145 Å². The average molecular weight is 354 g/mol. The van der Waals surface area contributed by atoms with Crippen molar-refractivity contribution in [3.63, 3.8) is 0 Å². The van der Waals surface area contributed by atoms with E-state index in [1.807, 2.05) is 53.9 Å². The van der Waals surface area contributed by atoms with E-state index in [2.05, 4.69) is 4.72 Å². The maximum absolute atomic E-state index is 12.7. The van der Waals surface area contributed by atoms with Crippen LogP contribution in [-0.2, 0) is 10.0 Å². The van der Waals surface area contributed by atoms with E-state index in [4.69, 9.17) is 5.26 Å². The molecule has 0 amide bonds. The van der Waals surface area contributed by atoms with E-state index in [1.165, 1.54) is 35.6 Å². The van der Waals surface area contributed by atoms with Crippen LogP contribution in [0.2, 0.25) is 0 Å². The van der Waals surface area contributed by atoms with Crippen molar-refractivity contribution >= 4 is 21.4 Å². The van der Waals surface area contributed by atoms with Crippen LogP contribution in [-0.4, -0.2) is 8.42 Å². The van der Waals surface area contributed by atoms with Crippen molar-refractivity contribution in [3.8, 4) is 6.07 Å². The summed E-state index contributed by atoms with van der Waals surface area (Å²) in [7, 11) is -3.71. The molecule has 1 aromatic heterocycles. The molecule has 3 aromatic rings. The number of rotatable bonds is 5. The first-order valence-corrected chi connectivity index (χ1v) is 9.57. The van der Waals surface area contributed by atoms with Crippen LogP contribution in [0.5, 0.6) is 0 Å². The van der Waals surface area contributed by atoms with Crippen molar-refractivity contribution in [2.45, 2.75) is 10.9 Å². The van der Waals surface area contributed by atoms with E-state index in [0.717, 1.165) is 10.4 Å². The maximum atomic E-state index is 12.7. The molecule has 1 heterocycles. The van der Waals surface area contributed by atoms with Gasteiger partial charge in [0.25, 0.3) is 0 Å². The highest BCUT2D eigenvalue weighted by Crippen LogP contribution is 2.27. The van der Waals surface area contributed by atoms with Crippen LogP contribution in [0.4, 0.5) is 0 Å². The zero-order chi connectivity index (χ0) is 17.0.